The predicted molar refractivity (Wildman–Crippen MR) is 71.7 cm³/mol. The first-order chi connectivity index (χ1) is 7.72. The SMILES string of the molecule is CC(N)c1c(F)cccc1N(C)CC(C)(C)C. The van der Waals surface area contributed by atoms with Crippen LogP contribution in [0.1, 0.15) is 39.3 Å². The van der Waals surface area contributed by atoms with Gasteiger partial charge in [0, 0.05) is 30.9 Å². The highest BCUT2D eigenvalue weighted by atomic mass is 19.1. The Labute approximate surface area is 104 Å². The van der Waals surface area contributed by atoms with E-state index in [-0.39, 0.29) is 17.3 Å². The molecule has 0 amide bonds. The van der Waals surface area contributed by atoms with Crippen LogP contribution in [0.4, 0.5) is 10.1 Å². The van der Waals surface area contributed by atoms with Crippen molar-refractivity contribution in [2.24, 2.45) is 11.1 Å². The van der Waals surface area contributed by atoms with Crippen molar-refractivity contribution in [1.29, 1.82) is 0 Å². The van der Waals surface area contributed by atoms with Crippen molar-refractivity contribution in [3.63, 3.8) is 0 Å². The third-order valence-corrected chi connectivity index (χ3v) is 2.61. The van der Waals surface area contributed by atoms with Gasteiger partial charge in [0.05, 0.1) is 0 Å². The van der Waals surface area contributed by atoms with E-state index in [9.17, 15) is 4.39 Å². The molecule has 0 spiro atoms. The van der Waals surface area contributed by atoms with Gasteiger partial charge < -0.3 is 10.6 Å². The van der Waals surface area contributed by atoms with Gasteiger partial charge in [-0.15, -0.1) is 0 Å². The summed E-state index contributed by atoms with van der Waals surface area (Å²) in [7, 11) is 1.98. The van der Waals surface area contributed by atoms with Crippen LogP contribution in [0.25, 0.3) is 0 Å². The van der Waals surface area contributed by atoms with Gasteiger partial charge in [-0.05, 0) is 24.5 Å². The Balaban J connectivity index is 3.09. The molecule has 2 N–H and O–H groups in total. The van der Waals surface area contributed by atoms with Crippen LogP contribution >= 0.6 is 0 Å². The van der Waals surface area contributed by atoms with Crippen LogP contribution < -0.4 is 10.6 Å². The molecular weight excluding hydrogens is 215 g/mol. The molecule has 0 bridgehead atoms. The van der Waals surface area contributed by atoms with Crippen molar-refractivity contribution in [2.45, 2.75) is 33.7 Å². The molecule has 0 fully saturated rings. The molecule has 0 aromatic heterocycles. The standard InChI is InChI=1S/C14H23FN2/c1-10(16)13-11(15)7-6-8-12(13)17(5)9-14(2,3)4/h6-8,10H,9,16H2,1-5H3. The zero-order chi connectivity index (χ0) is 13.2. The molecule has 1 atom stereocenters. The summed E-state index contributed by atoms with van der Waals surface area (Å²) in [5.41, 5.74) is 7.49. The van der Waals surface area contributed by atoms with Crippen molar-refractivity contribution in [2.75, 3.05) is 18.5 Å². The minimum atomic E-state index is -0.298. The van der Waals surface area contributed by atoms with Crippen LogP contribution in [-0.4, -0.2) is 13.6 Å². The number of anilines is 1. The van der Waals surface area contributed by atoms with Crippen LogP contribution in [0.2, 0.25) is 0 Å². The van der Waals surface area contributed by atoms with Crippen LogP contribution in [0.15, 0.2) is 18.2 Å². The fourth-order valence-electron chi connectivity index (χ4n) is 2.11. The molecule has 1 aromatic carbocycles. The van der Waals surface area contributed by atoms with Crippen LogP contribution in [0.3, 0.4) is 0 Å². The van der Waals surface area contributed by atoms with Crippen molar-refractivity contribution in [1.82, 2.24) is 0 Å². The summed E-state index contributed by atoms with van der Waals surface area (Å²) < 4.78 is 13.8. The number of hydrogen-bond donors (Lipinski definition) is 1. The second-order valence-electron chi connectivity index (χ2n) is 5.88. The summed E-state index contributed by atoms with van der Waals surface area (Å²) in [6, 6.07) is 4.82. The summed E-state index contributed by atoms with van der Waals surface area (Å²) >= 11 is 0. The zero-order valence-corrected chi connectivity index (χ0v) is 11.4. The van der Waals surface area contributed by atoms with Crippen LogP contribution in [0.5, 0.6) is 0 Å². The van der Waals surface area contributed by atoms with E-state index in [2.05, 4.69) is 25.7 Å². The molecular formula is C14H23FN2. The summed E-state index contributed by atoms with van der Waals surface area (Å²) in [6.07, 6.45) is 0. The van der Waals surface area contributed by atoms with Crippen molar-refractivity contribution < 1.29 is 4.39 Å². The number of nitrogens with zero attached hydrogens (tertiary/aromatic N) is 1. The molecule has 0 aliphatic carbocycles. The Kier molecular flexibility index (Phi) is 4.15. The van der Waals surface area contributed by atoms with E-state index in [0.717, 1.165) is 12.2 Å². The molecule has 1 rings (SSSR count). The Morgan fingerprint density at radius 2 is 1.94 bits per heavy atom. The second-order valence-corrected chi connectivity index (χ2v) is 5.88. The third-order valence-electron chi connectivity index (χ3n) is 2.61. The summed E-state index contributed by atoms with van der Waals surface area (Å²) in [5.74, 6) is -0.224. The maximum Gasteiger partial charge on any atom is 0.130 e. The maximum absolute atomic E-state index is 13.8. The fraction of sp³-hybridized carbons (Fsp3) is 0.571. The summed E-state index contributed by atoms with van der Waals surface area (Å²) in [5, 5.41) is 0. The quantitative estimate of drug-likeness (QED) is 0.875. The smallest absolute Gasteiger partial charge is 0.130 e. The van der Waals surface area contributed by atoms with Gasteiger partial charge in [0.1, 0.15) is 5.82 Å². The zero-order valence-electron chi connectivity index (χ0n) is 11.4. The van der Waals surface area contributed by atoms with Crippen LogP contribution in [-0.2, 0) is 0 Å². The lowest BCUT2D eigenvalue weighted by Gasteiger charge is -2.30. The van der Waals surface area contributed by atoms with Crippen molar-refractivity contribution in [3.8, 4) is 0 Å². The Morgan fingerprint density at radius 3 is 2.41 bits per heavy atom. The lowest BCUT2D eigenvalue weighted by molar-refractivity contribution is 0.418. The number of halogens is 1. The largest absolute Gasteiger partial charge is 0.374 e. The molecule has 2 nitrogen and oxygen atoms in total. The number of hydrogen-bond acceptors (Lipinski definition) is 2. The van der Waals surface area contributed by atoms with Gasteiger partial charge in [-0.3, -0.25) is 0 Å². The monoisotopic (exact) mass is 238 g/mol. The maximum atomic E-state index is 13.8. The van der Waals surface area contributed by atoms with E-state index >= 15 is 0 Å². The van der Waals surface area contributed by atoms with E-state index < -0.39 is 0 Å². The highest BCUT2D eigenvalue weighted by Crippen LogP contribution is 2.29. The molecule has 1 aromatic rings. The number of benzene rings is 1. The molecule has 17 heavy (non-hydrogen) atoms. The van der Waals surface area contributed by atoms with Crippen molar-refractivity contribution in [3.05, 3.63) is 29.6 Å². The molecule has 0 radical (unpaired) electrons. The molecule has 0 aliphatic rings. The molecule has 3 heteroatoms. The molecule has 96 valence electrons. The molecule has 0 saturated carbocycles. The average molecular weight is 238 g/mol. The fourth-order valence-corrected chi connectivity index (χ4v) is 2.11. The first-order valence-electron chi connectivity index (χ1n) is 5.97. The normalized spacial score (nSPS) is 13.6. The Bertz CT molecular complexity index is 380. The van der Waals surface area contributed by atoms with Gasteiger partial charge in [0.2, 0.25) is 0 Å². The minimum Gasteiger partial charge on any atom is -0.374 e. The van der Waals surface area contributed by atoms with Gasteiger partial charge in [0.15, 0.2) is 0 Å². The first kappa shape index (κ1) is 14.0. The number of nitrogens with two attached hydrogens (primary N) is 1. The molecule has 0 aliphatic heterocycles. The van der Waals surface area contributed by atoms with E-state index in [1.54, 1.807) is 6.07 Å². The highest BCUT2D eigenvalue weighted by Gasteiger charge is 2.19. The average Bonchev–Trinajstić information content (AvgIpc) is 2.13. The van der Waals surface area contributed by atoms with E-state index in [1.165, 1.54) is 6.07 Å². The third kappa shape index (κ3) is 3.70. The van der Waals surface area contributed by atoms with Gasteiger partial charge in [-0.1, -0.05) is 26.8 Å². The molecule has 1 unspecified atom stereocenters. The van der Waals surface area contributed by atoms with Crippen molar-refractivity contribution >= 4 is 5.69 Å². The molecule has 0 heterocycles. The predicted octanol–water partition coefficient (Wildman–Crippen LogP) is 3.33. The molecule has 0 saturated heterocycles. The van der Waals surface area contributed by atoms with Gasteiger partial charge in [-0.2, -0.15) is 0 Å². The topological polar surface area (TPSA) is 29.3 Å². The summed E-state index contributed by atoms with van der Waals surface area (Å²) in [4.78, 5) is 2.07. The lowest BCUT2D eigenvalue weighted by atomic mass is 9.95. The first-order valence-corrected chi connectivity index (χ1v) is 5.97. The number of rotatable bonds is 3. The Morgan fingerprint density at radius 1 is 1.35 bits per heavy atom. The van der Waals surface area contributed by atoms with Gasteiger partial charge >= 0.3 is 0 Å². The van der Waals surface area contributed by atoms with E-state index in [1.807, 2.05) is 20.0 Å². The highest BCUT2D eigenvalue weighted by molar-refractivity contribution is 5.55. The minimum absolute atomic E-state index is 0.163. The Hall–Kier alpha value is -1.09. The van der Waals surface area contributed by atoms with E-state index in [4.69, 9.17) is 5.73 Å². The second kappa shape index (κ2) is 5.05. The lowest BCUT2D eigenvalue weighted by Crippen LogP contribution is -2.30. The summed E-state index contributed by atoms with van der Waals surface area (Å²) in [6.45, 7) is 9.15. The van der Waals surface area contributed by atoms with Gasteiger partial charge in [0.25, 0.3) is 0 Å². The van der Waals surface area contributed by atoms with Gasteiger partial charge in [-0.25, -0.2) is 4.39 Å². The van der Waals surface area contributed by atoms with Crippen LogP contribution in [0, 0.1) is 11.2 Å². The van der Waals surface area contributed by atoms with E-state index in [0.29, 0.717) is 5.56 Å².